The van der Waals surface area contributed by atoms with E-state index in [-0.39, 0.29) is 17.6 Å². The first kappa shape index (κ1) is 10.6. The standard InChI is InChI=1S/C11H11BrFNO/c12-9-6-7(1-2-10(9)13)5-8-3-4-14-11(8)15/h1-2,6,8H,3-5H2,(H,14,15). The molecule has 0 bridgehead atoms. The summed E-state index contributed by atoms with van der Waals surface area (Å²) < 4.78 is 13.4. The maximum Gasteiger partial charge on any atom is 0.223 e. The molecule has 0 aromatic heterocycles. The van der Waals surface area contributed by atoms with Crippen LogP contribution in [-0.4, -0.2) is 12.5 Å². The topological polar surface area (TPSA) is 29.1 Å². The summed E-state index contributed by atoms with van der Waals surface area (Å²) in [5.41, 5.74) is 0.991. The normalized spacial score (nSPS) is 20.4. The Balaban J connectivity index is 2.10. The third kappa shape index (κ3) is 2.37. The first-order valence-electron chi connectivity index (χ1n) is 4.88. The van der Waals surface area contributed by atoms with E-state index in [0.717, 1.165) is 18.5 Å². The summed E-state index contributed by atoms with van der Waals surface area (Å²) in [5, 5.41) is 2.79. The molecule has 4 heteroatoms. The molecule has 1 saturated heterocycles. The minimum atomic E-state index is -0.269. The van der Waals surface area contributed by atoms with Crippen molar-refractivity contribution in [2.45, 2.75) is 12.8 Å². The number of benzene rings is 1. The van der Waals surface area contributed by atoms with Crippen LogP contribution < -0.4 is 5.32 Å². The van der Waals surface area contributed by atoms with Gasteiger partial charge in [-0.3, -0.25) is 4.79 Å². The van der Waals surface area contributed by atoms with Crippen molar-refractivity contribution < 1.29 is 9.18 Å². The number of rotatable bonds is 2. The molecule has 1 aliphatic heterocycles. The zero-order chi connectivity index (χ0) is 10.8. The average Bonchev–Trinajstić information content (AvgIpc) is 2.59. The Morgan fingerprint density at radius 3 is 2.93 bits per heavy atom. The van der Waals surface area contributed by atoms with Gasteiger partial charge in [-0.25, -0.2) is 4.39 Å². The van der Waals surface area contributed by atoms with Gasteiger partial charge >= 0.3 is 0 Å². The summed E-state index contributed by atoms with van der Waals surface area (Å²) in [7, 11) is 0. The number of carbonyl (C=O) groups is 1. The Hall–Kier alpha value is -0.900. The second kappa shape index (κ2) is 4.31. The van der Waals surface area contributed by atoms with Crippen LogP contribution in [0.15, 0.2) is 22.7 Å². The average molecular weight is 272 g/mol. The summed E-state index contributed by atoms with van der Waals surface area (Å²) in [6.45, 7) is 0.756. The third-order valence-corrected chi connectivity index (χ3v) is 3.24. The van der Waals surface area contributed by atoms with Crippen LogP contribution >= 0.6 is 15.9 Å². The van der Waals surface area contributed by atoms with Gasteiger partial charge in [-0.15, -0.1) is 0 Å². The molecule has 1 aliphatic rings. The van der Waals surface area contributed by atoms with Crippen LogP contribution in [0.3, 0.4) is 0 Å². The highest BCUT2D eigenvalue weighted by Gasteiger charge is 2.24. The van der Waals surface area contributed by atoms with E-state index >= 15 is 0 Å². The molecule has 2 nitrogen and oxygen atoms in total. The predicted octanol–water partition coefficient (Wildman–Crippen LogP) is 2.27. The van der Waals surface area contributed by atoms with Crippen LogP contribution in [0.2, 0.25) is 0 Å². The molecular weight excluding hydrogens is 261 g/mol. The molecule has 1 fully saturated rings. The molecular formula is C11H11BrFNO. The third-order valence-electron chi connectivity index (χ3n) is 2.63. The Morgan fingerprint density at radius 1 is 1.53 bits per heavy atom. The van der Waals surface area contributed by atoms with Gasteiger partial charge in [-0.1, -0.05) is 6.07 Å². The minimum absolute atomic E-state index is 0.0439. The number of hydrogen-bond donors (Lipinski definition) is 1. The van der Waals surface area contributed by atoms with Crippen LogP contribution in [0.4, 0.5) is 4.39 Å². The van der Waals surface area contributed by atoms with Crippen molar-refractivity contribution in [2.75, 3.05) is 6.54 Å². The van der Waals surface area contributed by atoms with Crippen molar-refractivity contribution in [3.63, 3.8) is 0 Å². The van der Waals surface area contributed by atoms with Gasteiger partial charge in [0.2, 0.25) is 5.91 Å². The van der Waals surface area contributed by atoms with E-state index in [4.69, 9.17) is 0 Å². The number of hydrogen-bond acceptors (Lipinski definition) is 1. The number of halogens is 2. The van der Waals surface area contributed by atoms with Crippen LogP contribution in [0.25, 0.3) is 0 Å². The second-order valence-corrected chi connectivity index (χ2v) is 4.58. The van der Waals surface area contributed by atoms with Gasteiger partial charge in [0.25, 0.3) is 0 Å². The molecule has 1 aromatic rings. The lowest BCUT2D eigenvalue weighted by Gasteiger charge is -2.07. The zero-order valence-corrected chi connectivity index (χ0v) is 9.68. The van der Waals surface area contributed by atoms with E-state index in [2.05, 4.69) is 21.2 Å². The summed E-state index contributed by atoms with van der Waals surface area (Å²) in [4.78, 5) is 11.3. The highest BCUT2D eigenvalue weighted by Crippen LogP contribution is 2.21. The van der Waals surface area contributed by atoms with Gasteiger partial charge in [0.1, 0.15) is 5.82 Å². The first-order valence-corrected chi connectivity index (χ1v) is 5.68. The molecule has 1 aromatic carbocycles. The molecule has 1 heterocycles. The van der Waals surface area contributed by atoms with E-state index in [9.17, 15) is 9.18 Å². The predicted molar refractivity (Wildman–Crippen MR) is 58.9 cm³/mol. The fourth-order valence-corrected chi connectivity index (χ4v) is 2.22. The van der Waals surface area contributed by atoms with Crippen molar-refractivity contribution in [2.24, 2.45) is 5.92 Å². The summed E-state index contributed by atoms with van der Waals surface area (Å²) in [6.07, 6.45) is 1.55. The first-order chi connectivity index (χ1) is 7.16. The molecule has 0 radical (unpaired) electrons. The molecule has 1 amide bonds. The molecule has 2 rings (SSSR count). The molecule has 1 N–H and O–H groups in total. The van der Waals surface area contributed by atoms with E-state index in [0.29, 0.717) is 10.9 Å². The Bertz CT molecular complexity index is 394. The largest absolute Gasteiger partial charge is 0.356 e. The lowest BCUT2D eigenvalue weighted by Crippen LogP contribution is -2.20. The van der Waals surface area contributed by atoms with Gasteiger partial charge in [-0.05, 0) is 46.5 Å². The SMILES string of the molecule is O=C1NCCC1Cc1ccc(F)c(Br)c1. The molecule has 1 unspecified atom stereocenters. The quantitative estimate of drug-likeness (QED) is 0.879. The van der Waals surface area contributed by atoms with Gasteiger partial charge in [0.05, 0.1) is 4.47 Å². The number of carbonyl (C=O) groups excluding carboxylic acids is 1. The molecule has 0 spiro atoms. The smallest absolute Gasteiger partial charge is 0.223 e. The molecule has 15 heavy (non-hydrogen) atoms. The molecule has 1 atom stereocenters. The van der Waals surface area contributed by atoms with Gasteiger partial charge in [0, 0.05) is 12.5 Å². The van der Waals surface area contributed by atoms with Crippen molar-refractivity contribution in [3.05, 3.63) is 34.1 Å². The van der Waals surface area contributed by atoms with Crippen LogP contribution in [0.5, 0.6) is 0 Å². The van der Waals surface area contributed by atoms with Gasteiger partial charge in [0.15, 0.2) is 0 Å². The lowest BCUT2D eigenvalue weighted by atomic mass is 9.98. The Morgan fingerprint density at radius 2 is 2.33 bits per heavy atom. The van der Waals surface area contributed by atoms with Crippen molar-refractivity contribution in [3.8, 4) is 0 Å². The second-order valence-electron chi connectivity index (χ2n) is 3.73. The van der Waals surface area contributed by atoms with Crippen LogP contribution in [0, 0.1) is 11.7 Å². The maximum absolute atomic E-state index is 13.0. The Kier molecular flexibility index (Phi) is 3.05. The minimum Gasteiger partial charge on any atom is -0.356 e. The summed E-state index contributed by atoms with van der Waals surface area (Å²) >= 11 is 3.13. The fraction of sp³-hybridized carbons (Fsp3) is 0.364. The van der Waals surface area contributed by atoms with E-state index in [1.807, 2.05) is 0 Å². The fourth-order valence-electron chi connectivity index (χ4n) is 1.79. The summed E-state index contributed by atoms with van der Waals surface area (Å²) in [5.74, 6) is -0.118. The van der Waals surface area contributed by atoms with Crippen molar-refractivity contribution >= 4 is 21.8 Å². The van der Waals surface area contributed by atoms with Gasteiger partial charge in [-0.2, -0.15) is 0 Å². The molecule has 0 aliphatic carbocycles. The van der Waals surface area contributed by atoms with E-state index in [1.165, 1.54) is 6.07 Å². The van der Waals surface area contributed by atoms with Crippen LogP contribution in [0.1, 0.15) is 12.0 Å². The lowest BCUT2D eigenvalue weighted by molar-refractivity contribution is -0.122. The van der Waals surface area contributed by atoms with E-state index in [1.54, 1.807) is 12.1 Å². The molecule has 80 valence electrons. The van der Waals surface area contributed by atoms with Gasteiger partial charge < -0.3 is 5.32 Å². The Labute approximate surface area is 96.0 Å². The summed E-state index contributed by atoms with van der Waals surface area (Å²) in [6, 6.07) is 4.89. The monoisotopic (exact) mass is 271 g/mol. The highest BCUT2D eigenvalue weighted by molar-refractivity contribution is 9.10. The number of nitrogens with one attached hydrogen (secondary N) is 1. The van der Waals surface area contributed by atoms with Crippen LogP contribution in [-0.2, 0) is 11.2 Å². The van der Waals surface area contributed by atoms with E-state index < -0.39 is 0 Å². The van der Waals surface area contributed by atoms with Crippen molar-refractivity contribution in [1.82, 2.24) is 5.32 Å². The zero-order valence-electron chi connectivity index (χ0n) is 8.09. The number of amides is 1. The maximum atomic E-state index is 13.0. The highest BCUT2D eigenvalue weighted by atomic mass is 79.9. The molecule has 0 saturated carbocycles. The van der Waals surface area contributed by atoms with Crippen molar-refractivity contribution in [1.29, 1.82) is 0 Å².